The van der Waals surface area contributed by atoms with Gasteiger partial charge in [0, 0.05) is 12.1 Å². The van der Waals surface area contributed by atoms with Crippen molar-refractivity contribution in [3.63, 3.8) is 0 Å². The molecule has 1 unspecified atom stereocenters. The molecule has 1 fully saturated rings. The number of nitrogens with zero attached hydrogens (tertiary/aromatic N) is 2. The van der Waals surface area contributed by atoms with Gasteiger partial charge in [-0.25, -0.2) is 4.68 Å². The summed E-state index contributed by atoms with van der Waals surface area (Å²) < 4.78 is 1.78. The second-order valence-electron chi connectivity index (χ2n) is 7.95. The van der Waals surface area contributed by atoms with E-state index in [9.17, 15) is 14.4 Å². The fraction of sp³-hybridized carbons (Fsp3) is 0.280. The van der Waals surface area contributed by atoms with Gasteiger partial charge in [-0.15, -0.1) is 0 Å². The third-order valence-corrected chi connectivity index (χ3v) is 6.21. The number of piperidine rings is 1. The molecule has 0 radical (unpaired) electrons. The van der Waals surface area contributed by atoms with E-state index in [2.05, 4.69) is 15.7 Å². The van der Waals surface area contributed by atoms with Crippen molar-refractivity contribution in [2.24, 2.45) is 0 Å². The highest BCUT2D eigenvalue weighted by molar-refractivity contribution is 6.05. The van der Waals surface area contributed by atoms with Crippen LogP contribution in [-0.4, -0.2) is 27.5 Å². The third kappa shape index (κ3) is 3.82. The van der Waals surface area contributed by atoms with Crippen LogP contribution >= 0.6 is 0 Å². The van der Waals surface area contributed by atoms with Crippen molar-refractivity contribution < 1.29 is 14.4 Å². The fourth-order valence-corrected chi connectivity index (χ4v) is 4.33. The lowest BCUT2D eigenvalue weighted by Crippen LogP contribution is -2.51. The molecule has 7 nitrogen and oxygen atoms in total. The molecule has 7 heteroatoms. The smallest absolute Gasteiger partial charge is 0.259 e. The molecule has 3 aromatic rings. The van der Waals surface area contributed by atoms with E-state index in [1.165, 1.54) is 0 Å². The van der Waals surface area contributed by atoms with Gasteiger partial charge < -0.3 is 5.32 Å². The van der Waals surface area contributed by atoms with Crippen LogP contribution in [0.25, 0.3) is 5.69 Å². The van der Waals surface area contributed by atoms with Crippen molar-refractivity contribution in [3.8, 4) is 5.69 Å². The fourth-order valence-electron chi connectivity index (χ4n) is 4.33. The second-order valence-corrected chi connectivity index (χ2v) is 7.95. The molecule has 2 N–H and O–H groups in total. The average Bonchev–Trinajstić information content (AvgIpc) is 3.25. The number of carbonyl (C=O) groups excluding carboxylic acids is 3. The van der Waals surface area contributed by atoms with Gasteiger partial charge in [-0.3, -0.25) is 19.7 Å². The number of aromatic nitrogens is 2. The number of rotatable bonds is 6. The van der Waals surface area contributed by atoms with Crippen molar-refractivity contribution in [1.82, 2.24) is 15.1 Å². The number of hydrogen-bond donors (Lipinski definition) is 2. The Bertz CT molecular complexity index is 1150. The minimum atomic E-state index is -0.720. The molecule has 3 amide bonds. The van der Waals surface area contributed by atoms with Gasteiger partial charge in [0.15, 0.2) is 0 Å². The van der Waals surface area contributed by atoms with Gasteiger partial charge in [-0.05, 0) is 49.1 Å². The second kappa shape index (κ2) is 8.78. The van der Waals surface area contributed by atoms with Gasteiger partial charge in [0.05, 0.1) is 28.6 Å². The Morgan fingerprint density at radius 2 is 1.81 bits per heavy atom. The molecule has 1 atom stereocenters. The topological polar surface area (TPSA) is 93.1 Å². The highest BCUT2D eigenvalue weighted by atomic mass is 16.2. The van der Waals surface area contributed by atoms with Crippen molar-refractivity contribution in [2.75, 3.05) is 5.32 Å². The van der Waals surface area contributed by atoms with Gasteiger partial charge in [-0.1, -0.05) is 44.2 Å². The van der Waals surface area contributed by atoms with E-state index in [0.717, 1.165) is 16.9 Å². The van der Waals surface area contributed by atoms with E-state index in [-0.39, 0.29) is 17.7 Å². The van der Waals surface area contributed by atoms with Crippen LogP contribution < -0.4 is 10.6 Å². The Balaban J connectivity index is 1.54. The number of imide groups is 1. The number of carbonyl (C=O) groups is 3. The molecule has 4 rings (SSSR count). The molecule has 2 heterocycles. The zero-order valence-corrected chi connectivity index (χ0v) is 18.2. The average molecular weight is 431 g/mol. The van der Waals surface area contributed by atoms with E-state index < -0.39 is 5.41 Å². The zero-order valence-electron chi connectivity index (χ0n) is 18.2. The lowest BCUT2D eigenvalue weighted by atomic mass is 9.72. The van der Waals surface area contributed by atoms with Crippen LogP contribution in [0.15, 0.2) is 60.8 Å². The minimum Gasteiger partial charge on any atom is -0.322 e. The Labute approximate surface area is 186 Å². The largest absolute Gasteiger partial charge is 0.322 e. The summed E-state index contributed by atoms with van der Waals surface area (Å²) in [6.07, 6.45) is 3.65. The van der Waals surface area contributed by atoms with E-state index in [0.29, 0.717) is 36.9 Å². The van der Waals surface area contributed by atoms with Crippen LogP contribution in [0, 0.1) is 0 Å². The number of para-hydroxylation sites is 1. The maximum Gasteiger partial charge on any atom is 0.259 e. The molecule has 1 aliphatic heterocycles. The van der Waals surface area contributed by atoms with E-state index >= 15 is 0 Å². The van der Waals surface area contributed by atoms with Crippen LogP contribution in [0.1, 0.15) is 54.7 Å². The Morgan fingerprint density at radius 3 is 2.44 bits per heavy atom. The standard InChI is InChI=1S/C25H26N4O3/c1-3-21-20(16-26-29(21)19-8-6-5-7-9-19)23(31)27-18-12-10-17(11-13-18)25(4-2)15-14-22(30)28-24(25)32/h5-13,16H,3-4,14-15H2,1-2H3,(H,27,31)(H,28,30,32). The quantitative estimate of drug-likeness (QED) is 0.582. The Morgan fingerprint density at radius 1 is 1.09 bits per heavy atom. The maximum atomic E-state index is 13.0. The first-order valence-electron chi connectivity index (χ1n) is 10.9. The van der Waals surface area contributed by atoms with Crippen molar-refractivity contribution >= 4 is 23.4 Å². The van der Waals surface area contributed by atoms with Gasteiger partial charge in [0.1, 0.15) is 0 Å². The molecule has 1 aromatic heterocycles. The number of anilines is 1. The first-order valence-corrected chi connectivity index (χ1v) is 10.9. The summed E-state index contributed by atoms with van der Waals surface area (Å²) in [5.41, 5.74) is 3.01. The molecular weight excluding hydrogens is 404 g/mol. The molecule has 1 saturated heterocycles. The molecule has 0 bridgehead atoms. The molecule has 0 spiro atoms. The van der Waals surface area contributed by atoms with Crippen molar-refractivity contribution in [3.05, 3.63) is 77.6 Å². The Kier molecular flexibility index (Phi) is 5.90. The predicted octanol–water partition coefficient (Wildman–Crippen LogP) is 3.77. The monoisotopic (exact) mass is 430 g/mol. The van der Waals surface area contributed by atoms with Gasteiger partial charge in [-0.2, -0.15) is 5.10 Å². The first-order chi connectivity index (χ1) is 15.5. The molecule has 1 aliphatic rings. The SMILES string of the molecule is CCc1c(C(=O)Nc2ccc(C3(CC)CCC(=O)NC3=O)cc2)cnn1-c1ccccc1. The number of nitrogens with one attached hydrogen (secondary N) is 2. The normalized spacial score (nSPS) is 18.3. The summed E-state index contributed by atoms with van der Waals surface area (Å²) in [4.78, 5) is 37.1. The van der Waals surface area contributed by atoms with Crippen LogP contribution in [0.4, 0.5) is 5.69 Å². The molecule has 2 aromatic carbocycles. The van der Waals surface area contributed by atoms with Gasteiger partial charge >= 0.3 is 0 Å². The predicted molar refractivity (Wildman–Crippen MR) is 122 cm³/mol. The van der Waals surface area contributed by atoms with Gasteiger partial charge in [0.2, 0.25) is 11.8 Å². The molecule has 0 aliphatic carbocycles. The summed E-state index contributed by atoms with van der Waals surface area (Å²) in [5.74, 6) is -0.720. The van der Waals surface area contributed by atoms with Crippen LogP contribution in [0.2, 0.25) is 0 Å². The summed E-state index contributed by atoms with van der Waals surface area (Å²) in [6, 6.07) is 17.0. The highest BCUT2D eigenvalue weighted by Gasteiger charge is 2.42. The summed E-state index contributed by atoms with van der Waals surface area (Å²) >= 11 is 0. The summed E-state index contributed by atoms with van der Waals surface area (Å²) in [5, 5.41) is 9.80. The Hall–Kier alpha value is -3.74. The summed E-state index contributed by atoms with van der Waals surface area (Å²) in [7, 11) is 0. The van der Waals surface area contributed by atoms with Gasteiger partial charge in [0.25, 0.3) is 5.91 Å². The lowest BCUT2D eigenvalue weighted by molar-refractivity contribution is -0.138. The van der Waals surface area contributed by atoms with E-state index in [4.69, 9.17) is 0 Å². The highest BCUT2D eigenvalue weighted by Crippen LogP contribution is 2.36. The van der Waals surface area contributed by atoms with Crippen LogP contribution in [-0.2, 0) is 21.4 Å². The number of hydrogen-bond acceptors (Lipinski definition) is 4. The summed E-state index contributed by atoms with van der Waals surface area (Å²) in [6.45, 7) is 3.94. The lowest BCUT2D eigenvalue weighted by Gasteiger charge is -2.35. The number of amides is 3. The molecular formula is C25H26N4O3. The molecule has 164 valence electrons. The van der Waals surface area contributed by atoms with Crippen LogP contribution in [0.5, 0.6) is 0 Å². The minimum absolute atomic E-state index is 0.231. The van der Waals surface area contributed by atoms with E-state index in [1.54, 1.807) is 23.0 Å². The van der Waals surface area contributed by atoms with E-state index in [1.807, 2.05) is 56.3 Å². The van der Waals surface area contributed by atoms with Crippen LogP contribution in [0.3, 0.4) is 0 Å². The molecule has 0 saturated carbocycles. The maximum absolute atomic E-state index is 13.0. The first kappa shape index (κ1) is 21.5. The zero-order chi connectivity index (χ0) is 22.7. The van der Waals surface area contributed by atoms with Crippen molar-refractivity contribution in [2.45, 2.75) is 44.9 Å². The van der Waals surface area contributed by atoms with Crippen molar-refractivity contribution in [1.29, 1.82) is 0 Å². The molecule has 32 heavy (non-hydrogen) atoms. The third-order valence-electron chi connectivity index (χ3n) is 6.21. The number of benzene rings is 2.